The zero-order valence-corrected chi connectivity index (χ0v) is 17.3. The first-order valence-corrected chi connectivity index (χ1v) is 10.6. The first-order valence-electron chi connectivity index (χ1n) is 9.46. The van der Waals surface area contributed by atoms with Crippen LogP contribution in [-0.2, 0) is 23.7 Å². The fraction of sp³-hybridized carbons (Fsp3) is 0.208. The molecule has 150 valence electrons. The van der Waals surface area contributed by atoms with E-state index in [-0.39, 0.29) is 5.91 Å². The summed E-state index contributed by atoms with van der Waals surface area (Å²) in [5, 5.41) is 2.96. The number of nitrogens with one attached hydrogen (secondary N) is 1. The molecule has 1 N–H and O–H groups in total. The third-order valence-electron chi connectivity index (χ3n) is 4.30. The second-order valence-corrected chi connectivity index (χ2v) is 7.50. The first-order chi connectivity index (χ1) is 14.2. The Morgan fingerprint density at radius 2 is 1.55 bits per heavy atom. The van der Waals surface area contributed by atoms with Crippen molar-refractivity contribution < 1.29 is 14.3 Å². The largest absolute Gasteiger partial charge is 0.493 e. The number of methoxy groups -OCH3 is 1. The molecule has 1 amide bonds. The van der Waals surface area contributed by atoms with E-state index in [1.807, 2.05) is 66.7 Å². The van der Waals surface area contributed by atoms with Crippen LogP contribution in [0.2, 0.25) is 0 Å². The summed E-state index contributed by atoms with van der Waals surface area (Å²) < 4.78 is 11.3. The van der Waals surface area contributed by atoms with E-state index in [9.17, 15) is 4.79 Å². The molecule has 5 heteroatoms. The van der Waals surface area contributed by atoms with E-state index in [1.165, 1.54) is 5.56 Å². The number of benzene rings is 3. The lowest BCUT2D eigenvalue weighted by molar-refractivity contribution is -0.118. The van der Waals surface area contributed by atoms with E-state index in [1.54, 1.807) is 18.9 Å². The number of hydrogen-bond donors (Lipinski definition) is 1. The van der Waals surface area contributed by atoms with Crippen LogP contribution in [0.25, 0.3) is 0 Å². The third-order valence-corrected chi connectivity index (χ3v) is 5.30. The minimum absolute atomic E-state index is 0.0225. The molecule has 0 heterocycles. The van der Waals surface area contributed by atoms with Gasteiger partial charge in [0, 0.05) is 12.3 Å². The molecule has 29 heavy (non-hydrogen) atoms. The normalized spacial score (nSPS) is 10.4. The molecule has 0 bridgehead atoms. The molecule has 0 saturated heterocycles. The number of carbonyl (C=O) groups is 1. The van der Waals surface area contributed by atoms with Gasteiger partial charge in [0.25, 0.3) is 0 Å². The van der Waals surface area contributed by atoms with Crippen molar-refractivity contribution in [1.29, 1.82) is 0 Å². The van der Waals surface area contributed by atoms with Crippen LogP contribution in [0.15, 0.2) is 78.9 Å². The van der Waals surface area contributed by atoms with E-state index in [2.05, 4.69) is 17.4 Å². The Morgan fingerprint density at radius 3 is 2.24 bits per heavy atom. The van der Waals surface area contributed by atoms with Crippen molar-refractivity contribution >= 4 is 17.7 Å². The maximum Gasteiger partial charge on any atom is 0.230 e. The van der Waals surface area contributed by atoms with E-state index >= 15 is 0 Å². The molecular formula is C24H25NO3S. The predicted molar refractivity (Wildman–Crippen MR) is 118 cm³/mol. The van der Waals surface area contributed by atoms with Crippen molar-refractivity contribution in [2.24, 2.45) is 0 Å². The van der Waals surface area contributed by atoms with E-state index < -0.39 is 0 Å². The zero-order valence-electron chi connectivity index (χ0n) is 16.5. The molecule has 3 aromatic rings. The molecule has 4 nitrogen and oxygen atoms in total. The Bertz CT molecular complexity index is 901. The van der Waals surface area contributed by atoms with Crippen LogP contribution in [0.4, 0.5) is 0 Å². The lowest BCUT2D eigenvalue weighted by atomic mass is 10.2. The molecule has 0 radical (unpaired) electrons. The highest BCUT2D eigenvalue weighted by Gasteiger charge is 2.08. The maximum absolute atomic E-state index is 12.1. The van der Waals surface area contributed by atoms with Crippen LogP contribution >= 0.6 is 11.8 Å². The highest BCUT2D eigenvalue weighted by molar-refractivity contribution is 7.99. The Kier molecular flexibility index (Phi) is 8.01. The van der Waals surface area contributed by atoms with Crippen molar-refractivity contribution in [3.63, 3.8) is 0 Å². The summed E-state index contributed by atoms with van der Waals surface area (Å²) in [4.78, 5) is 12.1. The molecule has 3 aromatic carbocycles. The summed E-state index contributed by atoms with van der Waals surface area (Å²) in [7, 11) is 1.62. The molecule has 0 unspecified atom stereocenters. The molecule has 0 spiro atoms. The van der Waals surface area contributed by atoms with Gasteiger partial charge in [0.15, 0.2) is 11.5 Å². The third kappa shape index (κ3) is 6.88. The Labute approximate surface area is 176 Å². The minimum Gasteiger partial charge on any atom is -0.493 e. The number of carbonyl (C=O) groups excluding carboxylic acids is 1. The SMILES string of the molecule is COc1cc(CNC(=O)CSCc2ccccc2)ccc1OCc1ccccc1. The van der Waals surface area contributed by atoms with Gasteiger partial charge in [-0.25, -0.2) is 0 Å². The first kappa shape index (κ1) is 20.8. The number of hydrogen-bond acceptors (Lipinski definition) is 4. The van der Waals surface area contributed by atoms with Gasteiger partial charge in [0.2, 0.25) is 5.91 Å². The quantitative estimate of drug-likeness (QED) is 0.523. The molecule has 0 aliphatic rings. The van der Waals surface area contributed by atoms with Gasteiger partial charge in [0.1, 0.15) is 6.61 Å². The van der Waals surface area contributed by atoms with Gasteiger partial charge in [-0.15, -0.1) is 11.8 Å². The van der Waals surface area contributed by atoms with E-state index in [4.69, 9.17) is 9.47 Å². The van der Waals surface area contributed by atoms with Gasteiger partial charge in [0.05, 0.1) is 12.9 Å². The molecular weight excluding hydrogens is 382 g/mol. The fourth-order valence-corrected chi connectivity index (χ4v) is 3.58. The van der Waals surface area contributed by atoms with Crippen molar-refractivity contribution in [1.82, 2.24) is 5.32 Å². The van der Waals surface area contributed by atoms with Gasteiger partial charge >= 0.3 is 0 Å². The van der Waals surface area contributed by atoms with Crippen LogP contribution < -0.4 is 14.8 Å². The topological polar surface area (TPSA) is 47.6 Å². The van der Waals surface area contributed by atoms with Crippen molar-refractivity contribution in [3.05, 3.63) is 95.6 Å². The van der Waals surface area contributed by atoms with Crippen LogP contribution in [0.1, 0.15) is 16.7 Å². The van der Waals surface area contributed by atoms with Gasteiger partial charge in [-0.1, -0.05) is 66.7 Å². The van der Waals surface area contributed by atoms with Crippen LogP contribution in [-0.4, -0.2) is 18.8 Å². The van der Waals surface area contributed by atoms with Crippen LogP contribution in [0, 0.1) is 0 Å². The van der Waals surface area contributed by atoms with Gasteiger partial charge in [-0.05, 0) is 28.8 Å². The second-order valence-electron chi connectivity index (χ2n) is 6.51. The molecule has 0 aliphatic heterocycles. The van der Waals surface area contributed by atoms with Crippen molar-refractivity contribution in [3.8, 4) is 11.5 Å². The minimum atomic E-state index is 0.0225. The van der Waals surface area contributed by atoms with E-state index in [0.717, 1.165) is 16.9 Å². The van der Waals surface area contributed by atoms with Gasteiger partial charge in [-0.3, -0.25) is 4.79 Å². The molecule has 0 atom stereocenters. The number of ether oxygens (including phenoxy) is 2. The standard InChI is InChI=1S/C24H25NO3S/c1-27-23-14-21(12-13-22(23)28-16-19-8-4-2-5-9-19)15-25-24(26)18-29-17-20-10-6-3-7-11-20/h2-14H,15-18H2,1H3,(H,25,26). The summed E-state index contributed by atoms with van der Waals surface area (Å²) in [6.07, 6.45) is 0. The smallest absolute Gasteiger partial charge is 0.230 e. The van der Waals surface area contributed by atoms with Gasteiger partial charge < -0.3 is 14.8 Å². The van der Waals surface area contributed by atoms with Crippen LogP contribution in [0.3, 0.4) is 0 Å². The number of amides is 1. The Morgan fingerprint density at radius 1 is 0.862 bits per heavy atom. The highest BCUT2D eigenvalue weighted by Crippen LogP contribution is 2.28. The summed E-state index contributed by atoms with van der Waals surface area (Å²) in [6, 6.07) is 25.9. The summed E-state index contributed by atoms with van der Waals surface area (Å²) >= 11 is 1.61. The summed E-state index contributed by atoms with van der Waals surface area (Å²) in [6.45, 7) is 0.936. The fourth-order valence-electron chi connectivity index (χ4n) is 2.76. The predicted octanol–water partition coefficient (Wildman–Crippen LogP) is 4.82. The van der Waals surface area contributed by atoms with Crippen molar-refractivity contribution in [2.75, 3.05) is 12.9 Å². The van der Waals surface area contributed by atoms with Gasteiger partial charge in [-0.2, -0.15) is 0 Å². The maximum atomic E-state index is 12.1. The lowest BCUT2D eigenvalue weighted by Crippen LogP contribution is -2.24. The zero-order chi connectivity index (χ0) is 20.3. The Hall–Kier alpha value is -2.92. The molecule has 0 fully saturated rings. The summed E-state index contributed by atoms with van der Waals surface area (Å²) in [5.74, 6) is 2.63. The summed E-state index contributed by atoms with van der Waals surface area (Å²) in [5.41, 5.74) is 3.29. The molecule has 0 aromatic heterocycles. The second kappa shape index (κ2) is 11.2. The average molecular weight is 408 g/mol. The molecule has 3 rings (SSSR count). The molecule has 0 aliphatic carbocycles. The number of rotatable bonds is 10. The monoisotopic (exact) mass is 407 g/mol. The van der Waals surface area contributed by atoms with Crippen molar-refractivity contribution in [2.45, 2.75) is 18.9 Å². The average Bonchev–Trinajstić information content (AvgIpc) is 2.78. The molecule has 0 saturated carbocycles. The highest BCUT2D eigenvalue weighted by atomic mass is 32.2. The Balaban J connectivity index is 1.46. The lowest BCUT2D eigenvalue weighted by Gasteiger charge is -2.13. The van der Waals surface area contributed by atoms with Crippen LogP contribution in [0.5, 0.6) is 11.5 Å². The van der Waals surface area contributed by atoms with E-state index in [0.29, 0.717) is 30.4 Å². The number of thioether (sulfide) groups is 1.